The Kier molecular flexibility index (Phi) is 5.30. The molecule has 4 rings (SSSR count). The monoisotopic (exact) mass is 408 g/mol. The maximum absolute atomic E-state index is 13.8. The molecule has 0 aliphatic heterocycles. The van der Waals surface area contributed by atoms with Crippen molar-refractivity contribution in [1.29, 1.82) is 0 Å². The van der Waals surface area contributed by atoms with Gasteiger partial charge in [-0.1, -0.05) is 6.08 Å². The first-order valence-electron chi connectivity index (χ1n) is 10.6. The Hall–Kier alpha value is -2.83. The predicted molar refractivity (Wildman–Crippen MR) is 118 cm³/mol. The molecular formula is C23H29FN6. The minimum absolute atomic E-state index is 0.172. The van der Waals surface area contributed by atoms with Gasteiger partial charge < -0.3 is 9.88 Å². The van der Waals surface area contributed by atoms with Gasteiger partial charge in [0.15, 0.2) is 5.65 Å². The number of imidazole rings is 1. The van der Waals surface area contributed by atoms with Crippen LogP contribution < -0.4 is 5.32 Å². The largest absolute Gasteiger partial charge is 0.351 e. The van der Waals surface area contributed by atoms with E-state index in [1.165, 1.54) is 13.8 Å². The molecule has 0 unspecified atom stereocenters. The molecular weight excluding hydrogens is 379 g/mol. The number of hydrogen-bond donors (Lipinski definition) is 1. The van der Waals surface area contributed by atoms with Crippen LogP contribution in [0.1, 0.15) is 69.4 Å². The third kappa shape index (κ3) is 4.06. The van der Waals surface area contributed by atoms with Crippen molar-refractivity contribution in [2.75, 3.05) is 11.9 Å². The van der Waals surface area contributed by atoms with Crippen molar-refractivity contribution in [3.05, 3.63) is 47.2 Å². The van der Waals surface area contributed by atoms with E-state index in [4.69, 9.17) is 4.98 Å². The number of pyridine rings is 1. The van der Waals surface area contributed by atoms with Crippen molar-refractivity contribution >= 4 is 22.7 Å². The van der Waals surface area contributed by atoms with Crippen molar-refractivity contribution < 1.29 is 4.39 Å². The van der Waals surface area contributed by atoms with Crippen molar-refractivity contribution in [3.63, 3.8) is 0 Å². The van der Waals surface area contributed by atoms with Gasteiger partial charge >= 0.3 is 0 Å². The molecule has 1 N–H and O–H groups in total. The third-order valence-corrected chi connectivity index (χ3v) is 5.30. The number of allylic oxidation sites excluding steroid dienone is 1. The maximum atomic E-state index is 13.8. The van der Waals surface area contributed by atoms with Gasteiger partial charge in [0, 0.05) is 23.4 Å². The highest BCUT2D eigenvalue weighted by molar-refractivity contribution is 5.83. The van der Waals surface area contributed by atoms with Crippen molar-refractivity contribution in [3.8, 4) is 0 Å². The van der Waals surface area contributed by atoms with E-state index in [1.807, 2.05) is 25.3 Å². The average molecular weight is 409 g/mol. The molecule has 0 bridgehead atoms. The summed E-state index contributed by atoms with van der Waals surface area (Å²) in [7, 11) is 0. The summed E-state index contributed by atoms with van der Waals surface area (Å²) in [5.41, 5.74) is 4.41. The van der Waals surface area contributed by atoms with Crippen LogP contribution in [0.15, 0.2) is 24.4 Å². The van der Waals surface area contributed by atoms with Gasteiger partial charge in [-0.25, -0.2) is 24.3 Å². The molecule has 6 nitrogen and oxygen atoms in total. The Labute approximate surface area is 176 Å². The predicted octanol–water partition coefficient (Wildman–Crippen LogP) is 5.04. The van der Waals surface area contributed by atoms with Crippen LogP contribution in [-0.4, -0.2) is 36.7 Å². The number of aromatic nitrogens is 5. The highest BCUT2D eigenvalue weighted by Gasteiger charge is 2.20. The molecule has 1 aliphatic carbocycles. The lowest BCUT2D eigenvalue weighted by Gasteiger charge is -2.16. The Morgan fingerprint density at radius 1 is 1.20 bits per heavy atom. The van der Waals surface area contributed by atoms with Crippen LogP contribution in [0.3, 0.4) is 0 Å². The summed E-state index contributed by atoms with van der Waals surface area (Å²) in [5.74, 6) is 1.44. The lowest BCUT2D eigenvalue weighted by Crippen LogP contribution is -2.25. The zero-order chi connectivity index (χ0) is 21.5. The van der Waals surface area contributed by atoms with E-state index in [0.717, 1.165) is 58.8 Å². The lowest BCUT2D eigenvalue weighted by atomic mass is 10.0. The fourth-order valence-electron chi connectivity index (χ4n) is 3.93. The molecule has 0 saturated heterocycles. The summed E-state index contributed by atoms with van der Waals surface area (Å²) in [5, 5.41) is 3.01. The van der Waals surface area contributed by atoms with E-state index in [2.05, 4.69) is 44.8 Å². The fraction of sp³-hybridized carbons (Fsp3) is 0.478. The minimum atomic E-state index is -1.32. The molecule has 0 radical (unpaired) electrons. The molecule has 0 aromatic carbocycles. The highest BCUT2D eigenvalue weighted by atomic mass is 19.1. The van der Waals surface area contributed by atoms with Crippen LogP contribution in [0.4, 0.5) is 10.3 Å². The van der Waals surface area contributed by atoms with Crippen LogP contribution in [0, 0.1) is 6.92 Å². The zero-order valence-electron chi connectivity index (χ0n) is 18.3. The molecule has 0 fully saturated rings. The standard InChI is InChI=1S/C23H29FN6/c1-14(2)30-15(3)27-20-11-10-19(28-21(20)30)16-8-6-7-9-18-17(16)12-25-22(29-18)26-13-23(4,5)24/h8,10-12,14H,6-7,9,13H2,1-5H3,(H,25,26,29). The Balaban J connectivity index is 1.74. The quantitative estimate of drug-likeness (QED) is 0.641. The normalized spacial score (nSPS) is 14.6. The number of nitrogens with zero attached hydrogens (tertiary/aromatic N) is 5. The van der Waals surface area contributed by atoms with Crippen LogP contribution in [-0.2, 0) is 6.42 Å². The van der Waals surface area contributed by atoms with Crippen LogP contribution in [0.2, 0.25) is 0 Å². The first-order chi connectivity index (χ1) is 14.2. The van der Waals surface area contributed by atoms with E-state index in [-0.39, 0.29) is 12.6 Å². The summed E-state index contributed by atoms with van der Waals surface area (Å²) in [6, 6.07) is 4.35. The number of halogens is 1. The van der Waals surface area contributed by atoms with Gasteiger partial charge in [-0.05, 0) is 66.0 Å². The van der Waals surface area contributed by atoms with Crippen molar-refractivity contribution in [1.82, 2.24) is 24.5 Å². The Morgan fingerprint density at radius 3 is 2.73 bits per heavy atom. The zero-order valence-corrected chi connectivity index (χ0v) is 18.3. The second-order valence-electron chi connectivity index (χ2n) is 8.80. The number of alkyl halides is 1. The summed E-state index contributed by atoms with van der Waals surface area (Å²) in [6.07, 6.45) is 6.88. The molecule has 0 atom stereocenters. The number of rotatable bonds is 5. The van der Waals surface area contributed by atoms with Gasteiger partial charge in [-0.15, -0.1) is 0 Å². The molecule has 3 heterocycles. The average Bonchev–Trinajstić information content (AvgIpc) is 2.87. The SMILES string of the molecule is Cc1nc2ccc(C3=CCCCc4nc(NCC(C)(C)F)ncc43)nc2n1C(C)C. The minimum Gasteiger partial charge on any atom is -0.351 e. The second-order valence-corrected chi connectivity index (χ2v) is 8.80. The maximum Gasteiger partial charge on any atom is 0.222 e. The first-order valence-corrected chi connectivity index (χ1v) is 10.6. The fourth-order valence-corrected chi connectivity index (χ4v) is 3.93. The summed E-state index contributed by atoms with van der Waals surface area (Å²) < 4.78 is 16.0. The van der Waals surface area contributed by atoms with Gasteiger partial charge in [0.1, 0.15) is 17.0 Å². The van der Waals surface area contributed by atoms with E-state index in [0.29, 0.717) is 5.95 Å². The molecule has 3 aromatic rings. The molecule has 3 aromatic heterocycles. The van der Waals surface area contributed by atoms with Gasteiger partial charge in [0.05, 0.1) is 17.9 Å². The molecule has 30 heavy (non-hydrogen) atoms. The molecule has 0 amide bonds. The van der Waals surface area contributed by atoms with Gasteiger partial charge in [-0.2, -0.15) is 0 Å². The van der Waals surface area contributed by atoms with E-state index >= 15 is 0 Å². The van der Waals surface area contributed by atoms with E-state index in [9.17, 15) is 4.39 Å². The summed E-state index contributed by atoms with van der Waals surface area (Å²) in [4.78, 5) is 18.8. The molecule has 0 spiro atoms. The van der Waals surface area contributed by atoms with Crippen LogP contribution in [0.25, 0.3) is 16.7 Å². The number of fused-ring (bicyclic) bond motifs is 2. The molecule has 0 saturated carbocycles. The summed E-state index contributed by atoms with van der Waals surface area (Å²) in [6.45, 7) is 9.55. The number of anilines is 1. The van der Waals surface area contributed by atoms with Crippen LogP contribution in [0.5, 0.6) is 0 Å². The highest BCUT2D eigenvalue weighted by Crippen LogP contribution is 2.31. The molecule has 7 heteroatoms. The topological polar surface area (TPSA) is 68.5 Å². The van der Waals surface area contributed by atoms with E-state index < -0.39 is 5.67 Å². The van der Waals surface area contributed by atoms with Gasteiger partial charge in [0.2, 0.25) is 5.95 Å². The smallest absolute Gasteiger partial charge is 0.222 e. The first kappa shape index (κ1) is 20.4. The van der Waals surface area contributed by atoms with Crippen LogP contribution >= 0.6 is 0 Å². The Bertz CT molecular complexity index is 1110. The molecule has 1 aliphatic rings. The van der Waals surface area contributed by atoms with E-state index in [1.54, 1.807) is 0 Å². The number of aryl methyl sites for hydroxylation is 2. The van der Waals surface area contributed by atoms with Gasteiger partial charge in [-0.3, -0.25) is 0 Å². The lowest BCUT2D eigenvalue weighted by molar-refractivity contribution is 0.234. The second kappa shape index (κ2) is 7.78. The van der Waals surface area contributed by atoms with Gasteiger partial charge in [0.25, 0.3) is 0 Å². The number of nitrogens with one attached hydrogen (secondary N) is 1. The number of hydrogen-bond acceptors (Lipinski definition) is 5. The van der Waals surface area contributed by atoms with Crippen molar-refractivity contribution in [2.45, 2.75) is 65.6 Å². The summed E-state index contributed by atoms with van der Waals surface area (Å²) >= 11 is 0. The van der Waals surface area contributed by atoms with Crippen molar-refractivity contribution in [2.24, 2.45) is 0 Å². The molecule has 158 valence electrons. The third-order valence-electron chi connectivity index (χ3n) is 5.30. The Morgan fingerprint density at radius 2 is 2.00 bits per heavy atom.